The Balaban J connectivity index is 1.88. The molecule has 5 heteroatoms. The molecule has 4 rings (SSSR count). The Morgan fingerprint density at radius 1 is 1.00 bits per heavy atom. The van der Waals surface area contributed by atoms with Crippen LogP contribution in [0, 0.1) is 13.8 Å². The molecule has 4 aromatic rings. The third-order valence-corrected chi connectivity index (χ3v) is 5.31. The van der Waals surface area contributed by atoms with Crippen LogP contribution >= 0.6 is 11.8 Å². The average molecular weight is 373 g/mol. The number of rotatable bonds is 4. The van der Waals surface area contributed by atoms with E-state index >= 15 is 0 Å². The first-order valence-corrected chi connectivity index (χ1v) is 9.72. The van der Waals surface area contributed by atoms with E-state index in [2.05, 4.69) is 11.1 Å². The molecule has 4 nitrogen and oxygen atoms in total. The zero-order chi connectivity index (χ0) is 18.8. The molecule has 0 fully saturated rings. The Morgan fingerprint density at radius 2 is 1.78 bits per heavy atom. The zero-order valence-electron chi connectivity index (χ0n) is 15.2. The second-order valence-electron chi connectivity index (χ2n) is 6.55. The molecule has 0 aliphatic heterocycles. The summed E-state index contributed by atoms with van der Waals surface area (Å²) >= 11 is 1.55. The molecule has 0 aliphatic carbocycles. The second kappa shape index (κ2) is 7.37. The number of aromatic nitrogens is 3. The predicted molar refractivity (Wildman–Crippen MR) is 111 cm³/mol. The van der Waals surface area contributed by atoms with Crippen LogP contribution in [-0.2, 0) is 5.75 Å². The van der Waals surface area contributed by atoms with Crippen LogP contribution in [0.3, 0.4) is 0 Å². The molecule has 0 saturated heterocycles. The van der Waals surface area contributed by atoms with Gasteiger partial charge in [-0.15, -0.1) is 0 Å². The summed E-state index contributed by atoms with van der Waals surface area (Å²) in [5.74, 6) is 0.698. The van der Waals surface area contributed by atoms with Crippen molar-refractivity contribution in [1.82, 2.24) is 14.5 Å². The lowest BCUT2D eigenvalue weighted by atomic mass is 10.1. The highest BCUT2D eigenvalue weighted by molar-refractivity contribution is 7.98. The summed E-state index contributed by atoms with van der Waals surface area (Å²) in [5.41, 5.74) is 4.86. The normalized spacial score (nSPS) is 11.0. The molecular formula is C22H19N3OS. The number of pyridine rings is 1. The van der Waals surface area contributed by atoms with Crippen molar-refractivity contribution in [2.24, 2.45) is 0 Å². The van der Waals surface area contributed by atoms with Crippen molar-refractivity contribution in [2.75, 3.05) is 0 Å². The van der Waals surface area contributed by atoms with Gasteiger partial charge in [0.05, 0.1) is 16.6 Å². The average Bonchev–Trinajstić information content (AvgIpc) is 2.66. The first kappa shape index (κ1) is 17.5. The molecule has 0 amide bonds. The first-order chi connectivity index (χ1) is 13.1. The second-order valence-corrected chi connectivity index (χ2v) is 7.49. The van der Waals surface area contributed by atoms with Crippen molar-refractivity contribution in [2.45, 2.75) is 24.8 Å². The fourth-order valence-electron chi connectivity index (χ4n) is 3.15. The van der Waals surface area contributed by atoms with Gasteiger partial charge in [-0.2, -0.15) is 0 Å². The van der Waals surface area contributed by atoms with Crippen LogP contribution in [0.2, 0.25) is 0 Å². The van der Waals surface area contributed by atoms with Crippen molar-refractivity contribution in [1.29, 1.82) is 0 Å². The number of para-hydroxylation sites is 1. The van der Waals surface area contributed by atoms with Crippen molar-refractivity contribution >= 4 is 22.7 Å². The molecule has 0 aliphatic rings. The van der Waals surface area contributed by atoms with Gasteiger partial charge in [-0.1, -0.05) is 36.0 Å². The number of benzene rings is 2. The number of nitrogens with zero attached hydrogens (tertiary/aromatic N) is 3. The molecule has 0 bridgehead atoms. The van der Waals surface area contributed by atoms with Crippen LogP contribution in [0.5, 0.6) is 0 Å². The first-order valence-electron chi connectivity index (χ1n) is 8.74. The van der Waals surface area contributed by atoms with Gasteiger partial charge in [0.2, 0.25) is 0 Å². The van der Waals surface area contributed by atoms with Crippen LogP contribution in [0.15, 0.2) is 76.9 Å². The largest absolute Gasteiger partial charge is 0.268 e. The lowest BCUT2D eigenvalue weighted by Gasteiger charge is -2.14. The lowest BCUT2D eigenvalue weighted by molar-refractivity contribution is 0.818. The topological polar surface area (TPSA) is 47.8 Å². The van der Waals surface area contributed by atoms with E-state index in [9.17, 15) is 4.79 Å². The third kappa shape index (κ3) is 3.64. The Labute approximate surface area is 161 Å². The smallest absolute Gasteiger partial charge is 0.266 e. The van der Waals surface area contributed by atoms with Crippen LogP contribution in [0.4, 0.5) is 0 Å². The summed E-state index contributed by atoms with van der Waals surface area (Å²) < 4.78 is 1.73. The molecule has 2 heterocycles. The molecule has 27 heavy (non-hydrogen) atoms. The minimum atomic E-state index is -0.0423. The van der Waals surface area contributed by atoms with Crippen LogP contribution in [0.1, 0.15) is 16.7 Å². The summed E-state index contributed by atoms with van der Waals surface area (Å²) in [5, 5.41) is 1.31. The molecule has 2 aromatic carbocycles. The Morgan fingerprint density at radius 3 is 2.52 bits per heavy atom. The van der Waals surface area contributed by atoms with Crippen LogP contribution in [0.25, 0.3) is 16.6 Å². The molecule has 0 atom stereocenters. The molecule has 2 aromatic heterocycles. The van der Waals surface area contributed by atoms with E-state index < -0.39 is 0 Å². The molecule has 0 radical (unpaired) electrons. The molecule has 0 saturated carbocycles. The maximum absolute atomic E-state index is 13.3. The highest BCUT2D eigenvalue weighted by atomic mass is 32.2. The summed E-state index contributed by atoms with van der Waals surface area (Å²) in [6.07, 6.45) is 3.60. The minimum absolute atomic E-state index is 0.0423. The van der Waals surface area contributed by atoms with Gasteiger partial charge in [-0.25, -0.2) is 4.98 Å². The zero-order valence-corrected chi connectivity index (χ0v) is 16.0. The summed E-state index contributed by atoms with van der Waals surface area (Å²) in [6, 6.07) is 17.6. The van der Waals surface area contributed by atoms with Gasteiger partial charge in [-0.3, -0.25) is 14.3 Å². The van der Waals surface area contributed by atoms with E-state index in [4.69, 9.17) is 4.98 Å². The summed E-state index contributed by atoms with van der Waals surface area (Å²) in [4.78, 5) is 22.2. The van der Waals surface area contributed by atoms with Gasteiger partial charge in [0.15, 0.2) is 5.16 Å². The molecule has 0 unspecified atom stereocenters. The monoisotopic (exact) mass is 373 g/mol. The van der Waals surface area contributed by atoms with E-state index in [1.807, 2.05) is 68.6 Å². The summed E-state index contributed by atoms with van der Waals surface area (Å²) in [6.45, 7) is 4.08. The van der Waals surface area contributed by atoms with Gasteiger partial charge in [-0.05, 0) is 60.9 Å². The number of thioether (sulfide) groups is 1. The van der Waals surface area contributed by atoms with E-state index in [1.165, 1.54) is 0 Å². The minimum Gasteiger partial charge on any atom is -0.268 e. The highest BCUT2D eigenvalue weighted by Gasteiger charge is 2.14. The van der Waals surface area contributed by atoms with Crippen LogP contribution in [-0.4, -0.2) is 14.5 Å². The molecular weight excluding hydrogens is 354 g/mol. The maximum atomic E-state index is 13.3. The lowest BCUT2D eigenvalue weighted by Crippen LogP contribution is -2.22. The third-order valence-electron chi connectivity index (χ3n) is 4.30. The Hall–Kier alpha value is -2.92. The fraction of sp³-hybridized carbons (Fsp3) is 0.136. The fourth-order valence-corrected chi connectivity index (χ4v) is 4.09. The summed E-state index contributed by atoms with van der Waals surface area (Å²) in [7, 11) is 0. The maximum Gasteiger partial charge on any atom is 0.266 e. The Bertz CT molecular complexity index is 1150. The van der Waals surface area contributed by atoms with Gasteiger partial charge in [0.25, 0.3) is 5.56 Å². The predicted octanol–water partition coefficient (Wildman–Crippen LogP) is 4.69. The quantitative estimate of drug-likeness (QED) is 0.385. The Kier molecular flexibility index (Phi) is 4.77. The van der Waals surface area contributed by atoms with Crippen molar-refractivity contribution < 1.29 is 0 Å². The van der Waals surface area contributed by atoms with E-state index in [0.717, 1.165) is 27.9 Å². The van der Waals surface area contributed by atoms with Gasteiger partial charge >= 0.3 is 0 Å². The van der Waals surface area contributed by atoms with Crippen molar-refractivity contribution in [3.05, 3.63) is 94.0 Å². The molecule has 0 N–H and O–H groups in total. The van der Waals surface area contributed by atoms with E-state index in [-0.39, 0.29) is 5.56 Å². The van der Waals surface area contributed by atoms with Crippen LogP contribution < -0.4 is 5.56 Å². The van der Waals surface area contributed by atoms with Gasteiger partial charge in [0.1, 0.15) is 0 Å². The number of aryl methyl sites for hydroxylation is 2. The van der Waals surface area contributed by atoms with E-state index in [0.29, 0.717) is 16.3 Å². The molecule has 134 valence electrons. The van der Waals surface area contributed by atoms with Crippen molar-refractivity contribution in [3.8, 4) is 5.69 Å². The van der Waals surface area contributed by atoms with E-state index in [1.54, 1.807) is 22.5 Å². The number of fused-ring (bicyclic) bond motifs is 1. The van der Waals surface area contributed by atoms with Gasteiger partial charge < -0.3 is 0 Å². The standard InChI is InChI=1S/C22H19N3OS/c1-15-10-16(2)12-18(11-15)25-21(26)19-7-3-4-8-20(19)24-22(25)27-14-17-6-5-9-23-13-17/h3-13H,14H2,1-2H3. The number of hydrogen-bond acceptors (Lipinski definition) is 4. The van der Waals surface area contributed by atoms with Gasteiger partial charge in [0, 0.05) is 18.1 Å². The SMILES string of the molecule is Cc1cc(C)cc(-n2c(SCc3cccnc3)nc3ccccc3c2=O)c1. The number of hydrogen-bond donors (Lipinski definition) is 0. The highest BCUT2D eigenvalue weighted by Crippen LogP contribution is 2.25. The molecule has 0 spiro atoms. The van der Waals surface area contributed by atoms with Crippen molar-refractivity contribution in [3.63, 3.8) is 0 Å².